The van der Waals surface area contributed by atoms with Crippen LogP contribution in [0.4, 0.5) is 11.4 Å². The van der Waals surface area contributed by atoms with Gasteiger partial charge < -0.3 is 5.73 Å². The van der Waals surface area contributed by atoms with Gasteiger partial charge in [-0.3, -0.25) is 14.7 Å². The molecule has 7 nitrogen and oxygen atoms in total. The van der Waals surface area contributed by atoms with Crippen LogP contribution in [-0.4, -0.2) is 17.9 Å². The molecule has 0 spiro atoms. The molecule has 0 heterocycles. The molecule has 0 radical (unpaired) electrons. The molecular weight excluding hydrogens is 248 g/mol. The van der Waals surface area contributed by atoms with Crippen molar-refractivity contribution in [3.63, 3.8) is 0 Å². The third-order valence-electron chi connectivity index (χ3n) is 1.55. The quantitative estimate of drug-likeness (QED) is 0.351. The maximum atomic E-state index is 10.7. The zero-order valence-corrected chi connectivity index (χ0v) is 8.62. The fourth-order valence-corrected chi connectivity index (χ4v) is 1.78. The highest BCUT2D eigenvalue weighted by atomic mass is 35.5. The molecule has 0 aliphatic heterocycles. The van der Waals surface area contributed by atoms with E-state index in [4.69, 9.17) is 21.9 Å². The number of halogens is 1. The van der Waals surface area contributed by atoms with E-state index in [2.05, 4.69) is 0 Å². The van der Waals surface area contributed by atoms with Crippen molar-refractivity contribution in [1.82, 2.24) is 0 Å². The Kier molecular flexibility index (Phi) is 2.84. The Bertz CT molecular complexity index is 527. The van der Waals surface area contributed by atoms with E-state index in [0.717, 1.165) is 6.07 Å². The standard InChI is InChI=1S/C6H5ClN2O5S/c7-3-1-4(8)6(15(12,13)14)2-5(3)9(10)11/h1-2H,8H2,(H,12,13,14). The van der Waals surface area contributed by atoms with Gasteiger partial charge in [0.05, 0.1) is 10.6 Å². The summed E-state index contributed by atoms with van der Waals surface area (Å²) in [6.07, 6.45) is 0. The van der Waals surface area contributed by atoms with Crippen LogP contribution in [0.15, 0.2) is 17.0 Å². The number of nitro benzene ring substituents is 1. The summed E-state index contributed by atoms with van der Waals surface area (Å²) in [7, 11) is -4.59. The van der Waals surface area contributed by atoms with Crippen molar-refractivity contribution in [2.24, 2.45) is 0 Å². The van der Waals surface area contributed by atoms with E-state index in [-0.39, 0.29) is 10.7 Å². The molecular formula is C6H5ClN2O5S. The number of benzene rings is 1. The molecule has 15 heavy (non-hydrogen) atoms. The summed E-state index contributed by atoms with van der Waals surface area (Å²) in [5.74, 6) is 0. The second-order valence-electron chi connectivity index (χ2n) is 2.57. The maximum Gasteiger partial charge on any atom is 0.296 e. The number of nitro groups is 1. The van der Waals surface area contributed by atoms with Crippen molar-refractivity contribution in [2.75, 3.05) is 5.73 Å². The molecule has 0 aromatic heterocycles. The predicted octanol–water partition coefficient (Wildman–Crippen LogP) is 1.08. The third-order valence-corrected chi connectivity index (χ3v) is 2.77. The molecule has 3 N–H and O–H groups in total. The van der Waals surface area contributed by atoms with Crippen molar-refractivity contribution in [3.05, 3.63) is 27.3 Å². The lowest BCUT2D eigenvalue weighted by molar-refractivity contribution is -0.384. The highest BCUT2D eigenvalue weighted by molar-refractivity contribution is 7.86. The zero-order chi connectivity index (χ0) is 11.8. The van der Waals surface area contributed by atoms with E-state index in [9.17, 15) is 18.5 Å². The second-order valence-corrected chi connectivity index (χ2v) is 4.37. The Morgan fingerprint density at radius 1 is 1.47 bits per heavy atom. The first-order valence-corrected chi connectivity index (χ1v) is 5.26. The molecule has 82 valence electrons. The minimum absolute atomic E-state index is 0.301. The Hall–Kier alpha value is -1.38. The van der Waals surface area contributed by atoms with E-state index in [1.54, 1.807) is 0 Å². The van der Waals surface area contributed by atoms with Crippen LogP contribution < -0.4 is 5.73 Å². The first-order valence-electron chi connectivity index (χ1n) is 3.44. The SMILES string of the molecule is Nc1cc(Cl)c([N+](=O)[O-])cc1S(=O)(=O)O. The third kappa shape index (κ3) is 2.35. The van der Waals surface area contributed by atoms with Gasteiger partial charge in [0.1, 0.15) is 9.92 Å². The van der Waals surface area contributed by atoms with Gasteiger partial charge in [-0.15, -0.1) is 0 Å². The van der Waals surface area contributed by atoms with Gasteiger partial charge >= 0.3 is 0 Å². The van der Waals surface area contributed by atoms with Crippen LogP contribution in [0.5, 0.6) is 0 Å². The van der Waals surface area contributed by atoms with E-state index >= 15 is 0 Å². The molecule has 9 heteroatoms. The number of hydrogen-bond donors (Lipinski definition) is 2. The number of nitrogens with two attached hydrogens (primary N) is 1. The molecule has 0 saturated heterocycles. The van der Waals surface area contributed by atoms with Crippen LogP contribution >= 0.6 is 11.6 Å². The minimum Gasteiger partial charge on any atom is -0.398 e. The van der Waals surface area contributed by atoms with E-state index < -0.39 is 25.6 Å². The predicted molar refractivity (Wildman–Crippen MR) is 52.3 cm³/mol. The van der Waals surface area contributed by atoms with E-state index in [0.29, 0.717) is 6.07 Å². The Balaban J connectivity index is 3.58. The monoisotopic (exact) mass is 252 g/mol. The Labute approximate surface area is 89.4 Å². The summed E-state index contributed by atoms with van der Waals surface area (Å²) < 4.78 is 30.2. The van der Waals surface area contributed by atoms with Gasteiger partial charge in [0, 0.05) is 6.07 Å². The number of nitrogen functional groups attached to an aromatic ring is 1. The second kappa shape index (κ2) is 3.65. The average molecular weight is 253 g/mol. The van der Waals surface area contributed by atoms with E-state index in [1.807, 2.05) is 0 Å². The molecule has 1 aromatic rings. The fourth-order valence-electron chi connectivity index (χ4n) is 0.921. The van der Waals surface area contributed by atoms with E-state index in [1.165, 1.54) is 0 Å². The molecule has 1 aromatic carbocycles. The summed E-state index contributed by atoms with van der Waals surface area (Å²) in [6, 6.07) is 1.50. The van der Waals surface area contributed by atoms with Gasteiger partial charge in [-0.1, -0.05) is 11.6 Å². The van der Waals surface area contributed by atoms with Gasteiger partial charge in [0.15, 0.2) is 0 Å². The number of rotatable bonds is 2. The van der Waals surface area contributed by atoms with Crippen LogP contribution in [0, 0.1) is 10.1 Å². The largest absolute Gasteiger partial charge is 0.398 e. The molecule has 0 saturated carbocycles. The molecule has 0 unspecified atom stereocenters. The molecule has 1 rings (SSSR count). The van der Waals surface area contributed by atoms with Gasteiger partial charge in [0.25, 0.3) is 15.8 Å². The molecule has 0 amide bonds. The van der Waals surface area contributed by atoms with Crippen molar-refractivity contribution >= 4 is 33.1 Å². The first kappa shape index (κ1) is 11.7. The van der Waals surface area contributed by atoms with Crippen LogP contribution in [0.3, 0.4) is 0 Å². The first-order chi connectivity index (χ1) is 6.73. The van der Waals surface area contributed by atoms with Crippen LogP contribution in [0.1, 0.15) is 0 Å². The topological polar surface area (TPSA) is 124 Å². The average Bonchev–Trinajstić information content (AvgIpc) is 2.00. The van der Waals surface area contributed by atoms with Crippen LogP contribution in [0.25, 0.3) is 0 Å². The lowest BCUT2D eigenvalue weighted by Gasteiger charge is -2.03. The number of hydrogen-bond acceptors (Lipinski definition) is 5. The van der Waals surface area contributed by atoms with Crippen LogP contribution in [-0.2, 0) is 10.1 Å². The highest BCUT2D eigenvalue weighted by Crippen LogP contribution is 2.31. The fraction of sp³-hybridized carbons (Fsp3) is 0. The molecule has 0 fully saturated rings. The lowest BCUT2D eigenvalue weighted by Crippen LogP contribution is -2.04. The van der Waals surface area contributed by atoms with Gasteiger partial charge in [0.2, 0.25) is 0 Å². The highest BCUT2D eigenvalue weighted by Gasteiger charge is 2.22. The lowest BCUT2D eigenvalue weighted by atomic mass is 10.3. The smallest absolute Gasteiger partial charge is 0.296 e. The summed E-state index contributed by atoms with van der Waals surface area (Å²) >= 11 is 5.45. The summed E-state index contributed by atoms with van der Waals surface area (Å²) in [5, 5.41) is 10.1. The van der Waals surface area contributed by atoms with Gasteiger partial charge in [-0.05, 0) is 6.07 Å². The Morgan fingerprint density at radius 2 is 2.00 bits per heavy atom. The van der Waals surface area contributed by atoms with Crippen molar-refractivity contribution in [2.45, 2.75) is 4.90 Å². The van der Waals surface area contributed by atoms with Gasteiger partial charge in [-0.2, -0.15) is 8.42 Å². The molecule has 0 bridgehead atoms. The number of nitrogens with zero attached hydrogens (tertiary/aromatic N) is 1. The zero-order valence-electron chi connectivity index (χ0n) is 7.05. The normalized spacial score (nSPS) is 11.3. The minimum atomic E-state index is -4.59. The summed E-state index contributed by atoms with van der Waals surface area (Å²) in [5.41, 5.74) is 4.24. The van der Waals surface area contributed by atoms with Gasteiger partial charge in [-0.25, -0.2) is 0 Å². The summed E-state index contributed by atoms with van der Waals surface area (Å²) in [4.78, 5) is 8.80. The van der Waals surface area contributed by atoms with Crippen molar-refractivity contribution in [1.29, 1.82) is 0 Å². The van der Waals surface area contributed by atoms with Crippen molar-refractivity contribution < 1.29 is 17.9 Å². The maximum absolute atomic E-state index is 10.7. The molecule has 0 aliphatic rings. The number of anilines is 1. The molecule has 0 aliphatic carbocycles. The van der Waals surface area contributed by atoms with Crippen LogP contribution in [0.2, 0.25) is 5.02 Å². The summed E-state index contributed by atoms with van der Waals surface area (Å²) in [6.45, 7) is 0. The Morgan fingerprint density at radius 3 is 2.40 bits per heavy atom. The van der Waals surface area contributed by atoms with Crippen molar-refractivity contribution in [3.8, 4) is 0 Å². The molecule has 0 atom stereocenters.